The second-order valence-electron chi connectivity index (χ2n) is 8.15. The average molecular weight is 581 g/mol. The van der Waals surface area contributed by atoms with Crippen molar-refractivity contribution < 1.29 is 32.4 Å². The van der Waals surface area contributed by atoms with Crippen LogP contribution in [0.5, 0.6) is 11.7 Å². The highest BCUT2D eigenvalue weighted by Gasteiger charge is 2.34. The molecule has 40 heavy (non-hydrogen) atoms. The molecule has 1 N–H and O–H groups in total. The number of benzene rings is 3. The molecule has 0 radical (unpaired) electrons. The number of rotatable bonds is 8. The van der Waals surface area contributed by atoms with Crippen LogP contribution in [0.25, 0.3) is 28.2 Å². The number of halogens is 1. The van der Waals surface area contributed by atoms with Gasteiger partial charge in [0.15, 0.2) is 5.95 Å². The van der Waals surface area contributed by atoms with Gasteiger partial charge in [0.25, 0.3) is 5.69 Å². The zero-order valence-electron chi connectivity index (χ0n) is 20.4. The summed E-state index contributed by atoms with van der Waals surface area (Å²) < 4.78 is 39.7. The molecule has 5 aromatic rings. The van der Waals surface area contributed by atoms with E-state index in [1.54, 1.807) is 30.3 Å². The third-order valence-corrected chi connectivity index (χ3v) is 7.16. The molecular weight excluding hydrogens is 564 g/mol. The molecule has 0 fully saturated rings. The SMILES string of the molecule is COc1ccc(-c2cc(-c3ccc([N+](=O)[O-])cc3)nc(NS(=O)(=O)c3c([O-])on[n+]3-c3ccc(Cl)cc3)n2)cc1. The van der Waals surface area contributed by atoms with Crippen LogP contribution in [-0.4, -0.2) is 35.7 Å². The number of sulfonamides is 1. The Morgan fingerprint density at radius 1 is 0.950 bits per heavy atom. The number of aromatic nitrogens is 4. The molecule has 13 nitrogen and oxygen atoms in total. The predicted octanol–water partition coefficient (Wildman–Crippen LogP) is 3.52. The maximum atomic E-state index is 13.4. The van der Waals surface area contributed by atoms with Gasteiger partial charge in [0, 0.05) is 40.4 Å². The van der Waals surface area contributed by atoms with Crippen LogP contribution in [0.3, 0.4) is 0 Å². The van der Waals surface area contributed by atoms with E-state index in [0.717, 1.165) is 4.68 Å². The van der Waals surface area contributed by atoms with Crippen LogP contribution in [0.4, 0.5) is 11.6 Å². The van der Waals surface area contributed by atoms with Crippen LogP contribution < -0.4 is 19.2 Å². The second-order valence-corrected chi connectivity index (χ2v) is 10.2. The van der Waals surface area contributed by atoms with Gasteiger partial charge in [-0.05, 0) is 59.3 Å². The van der Waals surface area contributed by atoms with Gasteiger partial charge in [0.1, 0.15) is 5.75 Å². The molecule has 2 heterocycles. The minimum absolute atomic E-state index is 0.128. The van der Waals surface area contributed by atoms with E-state index in [1.165, 1.54) is 55.6 Å². The van der Waals surface area contributed by atoms with Crippen LogP contribution in [0, 0.1) is 10.1 Å². The van der Waals surface area contributed by atoms with Gasteiger partial charge >= 0.3 is 15.0 Å². The Morgan fingerprint density at radius 2 is 1.52 bits per heavy atom. The highest BCUT2D eigenvalue weighted by Crippen LogP contribution is 2.29. The maximum absolute atomic E-state index is 13.4. The number of nitro benzene ring substituents is 1. The van der Waals surface area contributed by atoms with Gasteiger partial charge in [-0.1, -0.05) is 11.6 Å². The number of nitrogens with zero attached hydrogens (tertiary/aromatic N) is 5. The van der Waals surface area contributed by atoms with Crippen molar-refractivity contribution in [2.24, 2.45) is 0 Å². The topological polar surface area (TPSA) is 177 Å². The molecule has 3 aromatic carbocycles. The summed E-state index contributed by atoms with van der Waals surface area (Å²) in [6.07, 6.45) is 0. The number of methoxy groups -OCH3 is 1. The van der Waals surface area contributed by atoms with E-state index in [-0.39, 0.29) is 23.0 Å². The average Bonchev–Trinajstić information content (AvgIpc) is 3.35. The first-order chi connectivity index (χ1) is 19.1. The van der Waals surface area contributed by atoms with Crippen molar-refractivity contribution in [2.45, 2.75) is 5.03 Å². The van der Waals surface area contributed by atoms with Crippen molar-refractivity contribution in [2.75, 3.05) is 11.8 Å². The number of non-ortho nitro benzene ring substituents is 1. The Kier molecular flexibility index (Phi) is 7.02. The Hall–Kier alpha value is -5.08. The van der Waals surface area contributed by atoms with Gasteiger partial charge in [-0.2, -0.15) is 8.42 Å². The molecule has 0 saturated heterocycles. The van der Waals surface area contributed by atoms with E-state index in [1.807, 2.05) is 0 Å². The number of hydrogen-bond donors (Lipinski definition) is 1. The quantitative estimate of drug-likeness (QED) is 0.162. The van der Waals surface area contributed by atoms with Crippen molar-refractivity contribution in [1.29, 1.82) is 0 Å². The van der Waals surface area contributed by atoms with Gasteiger partial charge in [-0.15, -0.1) is 0 Å². The fourth-order valence-electron chi connectivity index (χ4n) is 3.68. The van der Waals surface area contributed by atoms with E-state index < -0.39 is 25.9 Å². The molecule has 0 aliphatic carbocycles. The molecule has 5 rings (SSSR count). The van der Waals surface area contributed by atoms with Gasteiger partial charge in [-0.25, -0.2) is 14.7 Å². The van der Waals surface area contributed by atoms with Crippen molar-refractivity contribution >= 4 is 33.3 Å². The number of nitrogens with one attached hydrogen (secondary N) is 1. The molecule has 0 aliphatic heterocycles. The normalized spacial score (nSPS) is 11.2. The molecule has 15 heteroatoms. The standard InChI is InChI=1S/C25H17ClN6O7S/c1-38-20-12-4-16(5-13-20)22-14-21(15-2-8-19(9-3-15)32(34)35)27-25(28-22)29-40(36,37)23-24(33)39-30-31(23)18-10-6-17(26)7-11-18/h2-14H,1H3,(H-,27,28,29,30,33). The number of nitro groups is 1. The molecular formula is C25H17ClN6O7S. The Balaban J connectivity index is 1.59. The monoisotopic (exact) mass is 580 g/mol. The summed E-state index contributed by atoms with van der Waals surface area (Å²) in [6.45, 7) is 0. The third-order valence-electron chi connectivity index (χ3n) is 5.61. The third kappa shape index (κ3) is 5.39. The summed E-state index contributed by atoms with van der Waals surface area (Å²) >= 11 is 5.91. The number of ether oxygens (including phenoxy) is 1. The molecule has 2 aromatic heterocycles. The number of hydrogen-bond acceptors (Lipinski definition) is 10. The van der Waals surface area contributed by atoms with Gasteiger partial charge in [-0.3, -0.25) is 10.1 Å². The molecule has 202 valence electrons. The summed E-state index contributed by atoms with van der Waals surface area (Å²) in [6, 6.07) is 19.8. The lowest BCUT2D eigenvalue weighted by Gasteiger charge is -2.10. The van der Waals surface area contributed by atoms with Crippen molar-refractivity contribution in [3.63, 3.8) is 0 Å². The Morgan fingerprint density at radius 3 is 2.08 bits per heavy atom. The predicted molar refractivity (Wildman–Crippen MR) is 139 cm³/mol. The van der Waals surface area contributed by atoms with Gasteiger partial charge in [0.2, 0.25) is 11.6 Å². The fourth-order valence-corrected chi connectivity index (χ4v) is 4.86. The maximum Gasteiger partial charge on any atom is 0.373 e. The molecule has 0 atom stereocenters. The Bertz CT molecular complexity index is 1810. The summed E-state index contributed by atoms with van der Waals surface area (Å²) in [7, 11) is -3.12. The summed E-state index contributed by atoms with van der Waals surface area (Å²) in [4.78, 5) is 19.2. The van der Waals surface area contributed by atoms with Gasteiger partial charge in [0.05, 0.1) is 28.7 Å². The van der Waals surface area contributed by atoms with Crippen molar-refractivity contribution in [3.05, 3.63) is 94.0 Å². The molecule has 0 aliphatic rings. The Labute approximate surface area is 231 Å². The zero-order chi connectivity index (χ0) is 28.4. The van der Waals surface area contributed by atoms with Crippen molar-refractivity contribution in [3.8, 4) is 39.9 Å². The van der Waals surface area contributed by atoms with Crippen LogP contribution in [0.15, 0.2) is 88.4 Å². The summed E-state index contributed by atoms with van der Waals surface area (Å²) in [5.74, 6) is -0.995. The lowest BCUT2D eigenvalue weighted by atomic mass is 10.1. The molecule has 0 bridgehead atoms. The minimum atomic E-state index is -4.64. The lowest BCUT2D eigenvalue weighted by Crippen LogP contribution is -2.40. The van der Waals surface area contributed by atoms with Crippen molar-refractivity contribution in [1.82, 2.24) is 15.2 Å². The van der Waals surface area contributed by atoms with Gasteiger partial charge < -0.3 is 14.4 Å². The van der Waals surface area contributed by atoms with Crippen LogP contribution in [0.2, 0.25) is 5.02 Å². The largest absolute Gasteiger partial charge is 0.538 e. The minimum Gasteiger partial charge on any atom is -0.538 e. The van der Waals surface area contributed by atoms with E-state index in [4.69, 9.17) is 16.3 Å². The first-order valence-corrected chi connectivity index (χ1v) is 13.2. The van der Waals surface area contributed by atoms with E-state index in [0.29, 0.717) is 27.6 Å². The fraction of sp³-hybridized carbons (Fsp3) is 0.0400. The van der Waals surface area contributed by atoms with Crippen LogP contribution >= 0.6 is 11.6 Å². The zero-order valence-corrected chi connectivity index (χ0v) is 22.0. The highest BCUT2D eigenvalue weighted by molar-refractivity contribution is 7.92. The molecule has 0 saturated carbocycles. The van der Waals surface area contributed by atoms with Crippen LogP contribution in [0.1, 0.15) is 0 Å². The molecule has 0 amide bonds. The molecule has 0 spiro atoms. The lowest BCUT2D eigenvalue weighted by molar-refractivity contribution is -0.706. The highest BCUT2D eigenvalue weighted by atomic mass is 35.5. The number of anilines is 1. The first-order valence-electron chi connectivity index (χ1n) is 11.3. The first kappa shape index (κ1) is 26.5. The smallest absolute Gasteiger partial charge is 0.373 e. The summed E-state index contributed by atoms with van der Waals surface area (Å²) in [5, 5.41) is 26.6. The summed E-state index contributed by atoms with van der Waals surface area (Å²) in [5.41, 5.74) is 1.70. The second kappa shape index (κ2) is 10.6. The van der Waals surface area contributed by atoms with E-state index in [9.17, 15) is 23.6 Å². The van der Waals surface area contributed by atoms with Crippen LogP contribution in [-0.2, 0) is 10.0 Å². The molecule has 0 unspecified atom stereocenters. The van der Waals surface area contributed by atoms with E-state index >= 15 is 0 Å². The van der Waals surface area contributed by atoms with E-state index in [2.05, 4.69) is 24.5 Å².